The Labute approximate surface area is 156 Å². The van der Waals surface area contributed by atoms with Gasteiger partial charge in [-0.15, -0.1) is 5.10 Å². The molecule has 0 bridgehead atoms. The van der Waals surface area contributed by atoms with Gasteiger partial charge in [0.15, 0.2) is 0 Å². The second-order valence-corrected chi connectivity index (χ2v) is 7.49. The lowest BCUT2D eigenvalue weighted by Crippen LogP contribution is -2.21. The molecule has 1 amide bonds. The van der Waals surface area contributed by atoms with Gasteiger partial charge in [0.05, 0.1) is 11.3 Å². The van der Waals surface area contributed by atoms with E-state index in [1.165, 1.54) is 31.0 Å². The summed E-state index contributed by atoms with van der Waals surface area (Å²) in [5, 5.41) is 19.4. The summed E-state index contributed by atoms with van der Waals surface area (Å²) in [5.41, 5.74) is 8.02. The zero-order valence-electron chi connectivity index (χ0n) is 15.0. The molecule has 26 heavy (non-hydrogen) atoms. The zero-order chi connectivity index (χ0) is 18.7. The third kappa shape index (κ3) is 3.70. The lowest BCUT2D eigenvalue weighted by Gasteiger charge is -2.27. The average Bonchev–Trinajstić information content (AvgIpc) is 3.15. The van der Waals surface area contributed by atoms with Crippen molar-refractivity contribution in [2.24, 2.45) is 0 Å². The highest BCUT2D eigenvalue weighted by molar-refractivity contribution is 7.99. The standard InChI is InChI=1S/C17H23N7OS/c1-10-11(2)24(12-6-4-3-5-7-12)15(13(10)8-18)20-14(25)9-26-17-21-16(19)22-23-17/h12H,3-7,9H2,1-2H3,(H,20,25)(H3,19,21,22,23). The molecule has 4 N–H and O–H groups in total. The maximum absolute atomic E-state index is 12.5. The summed E-state index contributed by atoms with van der Waals surface area (Å²) in [7, 11) is 0. The SMILES string of the molecule is Cc1c(C#N)c(NC(=O)CSc2n[nH]c(N)n2)n(C2CCCCC2)c1C. The minimum absolute atomic E-state index is 0.149. The van der Waals surface area contributed by atoms with Gasteiger partial charge in [0.2, 0.25) is 17.0 Å². The van der Waals surface area contributed by atoms with E-state index in [2.05, 4.69) is 31.1 Å². The van der Waals surface area contributed by atoms with Gasteiger partial charge in [-0.3, -0.25) is 4.79 Å². The maximum atomic E-state index is 12.5. The van der Waals surface area contributed by atoms with Crippen molar-refractivity contribution in [2.45, 2.75) is 57.1 Å². The van der Waals surface area contributed by atoms with Gasteiger partial charge in [-0.25, -0.2) is 5.10 Å². The lowest BCUT2D eigenvalue weighted by atomic mass is 9.95. The summed E-state index contributed by atoms with van der Waals surface area (Å²) in [5.74, 6) is 0.798. The van der Waals surface area contributed by atoms with Crippen molar-refractivity contribution in [2.75, 3.05) is 16.8 Å². The van der Waals surface area contributed by atoms with Gasteiger partial charge in [0.25, 0.3) is 0 Å². The molecule has 0 unspecified atom stereocenters. The quantitative estimate of drug-likeness (QED) is 0.692. The molecule has 3 rings (SSSR count). The van der Waals surface area contributed by atoms with Gasteiger partial charge in [0, 0.05) is 11.7 Å². The van der Waals surface area contributed by atoms with Crippen molar-refractivity contribution in [3.63, 3.8) is 0 Å². The van der Waals surface area contributed by atoms with Gasteiger partial charge in [-0.05, 0) is 32.3 Å². The van der Waals surface area contributed by atoms with E-state index in [0.29, 0.717) is 22.6 Å². The third-order valence-corrected chi connectivity index (χ3v) is 5.73. The molecule has 0 saturated heterocycles. The number of H-pyrrole nitrogens is 1. The summed E-state index contributed by atoms with van der Waals surface area (Å²) in [4.78, 5) is 16.4. The van der Waals surface area contributed by atoms with Crippen LogP contribution in [0.5, 0.6) is 0 Å². The Bertz CT molecular complexity index is 842. The first-order valence-electron chi connectivity index (χ1n) is 8.73. The van der Waals surface area contributed by atoms with Gasteiger partial charge in [-0.2, -0.15) is 10.2 Å². The summed E-state index contributed by atoms with van der Waals surface area (Å²) >= 11 is 1.20. The van der Waals surface area contributed by atoms with Crippen molar-refractivity contribution in [1.82, 2.24) is 19.7 Å². The first-order chi connectivity index (χ1) is 12.5. The number of rotatable bonds is 5. The molecule has 138 valence electrons. The van der Waals surface area contributed by atoms with Gasteiger partial charge in [-0.1, -0.05) is 31.0 Å². The number of nitrogens with zero attached hydrogens (tertiary/aromatic N) is 4. The van der Waals surface area contributed by atoms with E-state index in [1.807, 2.05) is 13.8 Å². The molecule has 1 aliphatic rings. The van der Waals surface area contributed by atoms with Crippen molar-refractivity contribution in [3.05, 3.63) is 16.8 Å². The van der Waals surface area contributed by atoms with E-state index < -0.39 is 0 Å². The number of aromatic nitrogens is 4. The van der Waals surface area contributed by atoms with Gasteiger partial charge in [0.1, 0.15) is 11.9 Å². The second kappa shape index (κ2) is 7.83. The first-order valence-corrected chi connectivity index (χ1v) is 9.71. The number of amides is 1. The molecule has 2 heterocycles. The average molecular weight is 373 g/mol. The molecule has 8 nitrogen and oxygen atoms in total. The molecule has 2 aromatic heterocycles. The summed E-state index contributed by atoms with van der Waals surface area (Å²) in [6.07, 6.45) is 5.76. The van der Waals surface area contributed by atoms with Crippen LogP contribution in [-0.4, -0.2) is 31.4 Å². The molecule has 0 aromatic carbocycles. The number of nitrogens with one attached hydrogen (secondary N) is 2. The van der Waals surface area contributed by atoms with Crippen molar-refractivity contribution in [3.8, 4) is 6.07 Å². The van der Waals surface area contributed by atoms with Crippen molar-refractivity contribution < 1.29 is 4.79 Å². The van der Waals surface area contributed by atoms with Crippen molar-refractivity contribution >= 4 is 29.4 Å². The second-order valence-electron chi connectivity index (χ2n) is 6.55. The number of carbonyl (C=O) groups excluding carboxylic acids is 1. The predicted octanol–water partition coefficient (Wildman–Crippen LogP) is 2.91. The molecular formula is C17H23N7OS. The highest BCUT2D eigenvalue weighted by atomic mass is 32.2. The van der Waals surface area contributed by atoms with Gasteiger partial charge >= 0.3 is 0 Å². The number of carbonyl (C=O) groups is 1. The fourth-order valence-electron chi connectivity index (χ4n) is 3.50. The molecule has 0 radical (unpaired) electrons. The minimum atomic E-state index is -0.190. The fourth-order valence-corrected chi connectivity index (χ4v) is 4.11. The molecule has 0 spiro atoms. The summed E-state index contributed by atoms with van der Waals surface area (Å²) < 4.78 is 2.15. The Morgan fingerprint density at radius 1 is 1.42 bits per heavy atom. The van der Waals surface area contributed by atoms with Crippen LogP contribution >= 0.6 is 11.8 Å². The maximum Gasteiger partial charge on any atom is 0.235 e. The van der Waals surface area contributed by atoms with E-state index in [1.54, 1.807) is 0 Å². The minimum Gasteiger partial charge on any atom is -0.368 e. The monoisotopic (exact) mass is 373 g/mol. The van der Waals surface area contributed by atoms with Crippen LogP contribution in [0.2, 0.25) is 0 Å². The van der Waals surface area contributed by atoms with Crippen LogP contribution in [0.25, 0.3) is 0 Å². The molecule has 2 aromatic rings. The highest BCUT2D eigenvalue weighted by Crippen LogP contribution is 2.36. The van der Waals surface area contributed by atoms with Crippen LogP contribution in [0.1, 0.15) is 55.0 Å². The predicted molar refractivity (Wildman–Crippen MR) is 101 cm³/mol. The number of hydrogen-bond donors (Lipinski definition) is 3. The molecular weight excluding hydrogens is 350 g/mol. The van der Waals surface area contributed by atoms with Crippen molar-refractivity contribution in [1.29, 1.82) is 5.26 Å². The molecule has 0 aliphatic heterocycles. The Morgan fingerprint density at radius 2 is 2.15 bits per heavy atom. The smallest absolute Gasteiger partial charge is 0.235 e. The zero-order valence-corrected chi connectivity index (χ0v) is 15.8. The van der Waals surface area contributed by atoms with E-state index in [4.69, 9.17) is 5.73 Å². The number of nitrogens with two attached hydrogens (primary N) is 1. The molecule has 1 saturated carbocycles. The van der Waals surface area contributed by atoms with E-state index in [0.717, 1.165) is 24.1 Å². The molecule has 0 atom stereocenters. The van der Waals surface area contributed by atoms with E-state index in [-0.39, 0.29) is 17.6 Å². The number of nitriles is 1. The largest absolute Gasteiger partial charge is 0.368 e. The fraction of sp³-hybridized carbons (Fsp3) is 0.529. The van der Waals surface area contributed by atoms with Gasteiger partial charge < -0.3 is 15.6 Å². The first kappa shape index (κ1) is 18.3. The van der Waals surface area contributed by atoms with E-state index >= 15 is 0 Å². The van der Waals surface area contributed by atoms with Crippen LogP contribution in [0, 0.1) is 25.2 Å². The van der Waals surface area contributed by atoms with Crippen LogP contribution in [0.4, 0.5) is 11.8 Å². The Hall–Kier alpha value is -2.47. The number of hydrogen-bond acceptors (Lipinski definition) is 6. The van der Waals surface area contributed by atoms with Crippen LogP contribution < -0.4 is 11.1 Å². The Kier molecular flexibility index (Phi) is 5.52. The topological polar surface area (TPSA) is 125 Å². The Balaban J connectivity index is 1.80. The summed E-state index contributed by atoms with van der Waals surface area (Å²) in [6.45, 7) is 3.96. The Morgan fingerprint density at radius 3 is 2.77 bits per heavy atom. The number of thioether (sulfide) groups is 1. The molecule has 9 heteroatoms. The van der Waals surface area contributed by atoms with Crippen LogP contribution in [0.15, 0.2) is 5.16 Å². The number of aromatic amines is 1. The normalized spacial score (nSPS) is 15.0. The third-order valence-electron chi connectivity index (χ3n) is 4.88. The number of anilines is 2. The molecule has 1 fully saturated rings. The van der Waals surface area contributed by atoms with Crippen LogP contribution in [-0.2, 0) is 4.79 Å². The molecule has 1 aliphatic carbocycles. The lowest BCUT2D eigenvalue weighted by molar-refractivity contribution is -0.113. The van der Waals surface area contributed by atoms with E-state index in [9.17, 15) is 10.1 Å². The highest BCUT2D eigenvalue weighted by Gasteiger charge is 2.25. The van der Waals surface area contributed by atoms with Crippen LogP contribution in [0.3, 0.4) is 0 Å². The number of nitrogen functional groups attached to an aromatic ring is 1. The summed E-state index contributed by atoms with van der Waals surface area (Å²) in [6, 6.07) is 2.59.